The second-order valence-corrected chi connectivity index (χ2v) is 5.40. The number of aliphatic hydroxyl groups excluding tert-OH is 1. The Labute approximate surface area is 107 Å². The summed E-state index contributed by atoms with van der Waals surface area (Å²) in [6.07, 6.45) is 1.67. The van der Waals surface area contributed by atoms with E-state index in [1.165, 1.54) is 12.1 Å². The third-order valence-electron chi connectivity index (χ3n) is 3.98. The van der Waals surface area contributed by atoms with Crippen LogP contribution in [0.1, 0.15) is 31.4 Å². The van der Waals surface area contributed by atoms with Gasteiger partial charge >= 0.3 is 0 Å². The molecule has 3 aliphatic rings. The Hall–Kier alpha value is -0.640. The van der Waals surface area contributed by atoms with Crippen molar-refractivity contribution in [2.45, 2.75) is 37.5 Å². The van der Waals surface area contributed by atoms with E-state index in [1.807, 2.05) is 0 Å². The molecule has 3 fully saturated rings. The predicted octanol–water partition coefficient (Wildman–Crippen LogP) is 2.42. The summed E-state index contributed by atoms with van der Waals surface area (Å²) in [6.45, 7) is 2.18. The lowest BCUT2D eigenvalue weighted by Gasteiger charge is -2.33. The fraction of sp³-hybridized carbons (Fsp3) is 0.538. The molecule has 94 valence electrons. The molecule has 4 heteroatoms. The van der Waals surface area contributed by atoms with Gasteiger partial charge in [-0.3, -0.25) is 0 Å². The maximum absolute atomic E-state index is 13.1. The second kappa shape index (κ2) is 4.23. The standard InChI is InChI=1S/C13H16FNO.ClH/c1-13-6-9(7-13)11(15-13)12(16)8-3-2-4-10(14)5-8;/h2-5,9,11-12,15-16H,6-7H2,1H3;1H/t9?,11-,12+,13?;/m1./s1. The zero-order chi connectivity index (χ0) is 11.3. The van der Waals surface area contributed by atoms with Gasteiger partial charge in [0.15, 0.2) is 0 Å². The maximum atomic E-state index is 13.1. The zero-order valence-corrected chi connectivity index (χ0v) is 10.5. The minimum atomic E-state index is -0.593. The van der Waals surface area contributed by atoms with Crippen molar-refractivity contribution in [3.8, 4) is 0 Å². The molecule has 2 nitrogen and oxygen atoms in total. The smallest absolute Gasteiger partial charge is 0.123 e. The van der Waals surface area contributed by atoms with Crippen molar-refractivity contribution in [2.24, 2.45) is 5.92 Å². The average molecular weight is 258 g/mol. The number of benzene rings is 1. The van der Waals surface area contributed by atoms with Gasteiger partial charge in [0.1, 0.15) is 5.82 Å². The molecule has 0 spiro atoms. The van der Waals surface area contributed by atoms with Crippen LogP contribution in [0.25, 0.3) is 0 Å². The first-order chi connectivity index (χ1) is 7.57. The molecule has 0 radical (unpaired) electrons. The Morgan fingerprint density at radius 3 is 2.71 bits per heavy atom. The first-order valence-corrected chi connectivity index (χ1v) is 5.79. The molecule has 2 N–H and O–H groups in total. The summed E-state index contributed by atoms with van der Waals surface area (Å²) < 4.78 is 13.1. The van der Waals surface area contributed by atoms with Gasteiger partial charge in [-0.15, -0.1) is 12.4 Å². The summed E-state index contributed by atoms with van der Waals surface area (Å²) in [5.41, 5.74) is 0.887. The summed E-state index contributed by atoms with van der Waals surface area (Å²) >= 11 is 0. The van der Waals surface area contributed by atoms with Gasteiger partial charge in [0.25, 0.3) is 0 Å². The minimum absolute atomic E-state index is 0. The van der Waals surface area contributed by atoms with Crippen molar-refractivity contribution in [1.82, 2.24) is 5.32 Å². The van der Waals surface area contributed by atoms with E-state index in [4.69, 9.17) is 0 Å². The van der Waals surface area contributed by atoms with E-state index in [1.54, 1.807) is 12.1 Å². The normalized spacial score (nSPS) is 35.9. The highest BCUT2D eigenvalue weighted by Gasteiger charge is 2.54. The number of hydrogen-bond donors (Lipinski definition) is 2. The van der Waals surface area contributed by atoms with Crippen LogP contribution < -0.4 is 5.32 Å². The number of aliphatic hydroxyl groups is 1. The molecule has 1 aliphatic carbocycles. The molecule has 1 saturated carbocycles. The van der Waals surface area contributed by atoms with Gasteiger partial charge in [0.2, 0.25) is 0 Å². The molecule has 0 amide bonds. The highest BCUT2D eigenvalue weighted by molar-refractivity contribution is 5.85. The van der Waals surface area contributed by atoms with E-state index >= 15 is 0 Å². The third kappa shape index (κ3) is 2.07. The van der Waals surface area contributed by atoms with Crippen LogP contribution in [0.5, 0.6) is 0 Å². The average Bonchev–Trinajstić information content (AvgIpc) is 2.70. The quantitative estimate of drug-likeness (QED) is 0.853. The van der Waals surface area contributed by atoms with E-state index in [2.05, 4.69) is 12.2 Å². The molecule has 0 unspecified atom stereocenters. The van der Waals surface area contributed by atoms with Crippen LogP contribution in [0.15, 0.2) is 24.3 Å². The lowest BCUT2D eigenvalue weighted by atomic mass is 9.72. The molecule has 17 heavy (non-hydrogen) atoms. The van der Waals surface area contributed by atoms with E-state index in [0.717, 1.165) is 12.8 Å². The van der Waals surface area contributed by atoms with E-state index in [-0.39, 0.29) is 29.8 Å². The van der Waals surface area contributed by atoms with Crippen LogP contribution in [0.4, 0.5) is 4.39 Å². The van der Waals surface area contributed by atoms with Crippen LogP contribution in [-0.2, 0) is 0 Å². The Bertz CT molecular complexity index is 420. The van der Waals surface area contributed by atoms with Gasteiger partial charge in [-0.25, -0.2) is 4.39 Å². The summed E-state index contributed by atoms with van der Waals surface area (Å²) in [5.74, 6) is 0.261. The molecule has 1 aromatic carbocycles. The monoisotopic (exact) mass is 257 g/mol. The molecule has 4 rings (SSSR count). The zero-order valence-electron chi connectivity index (χ0n) is 9.69. The van der Waals surface area contributed by atoms with E-state index in [9.17, 15) is 9.50 Å². The summed E-state index contributed by atoms with van der Waals surface area (Å²) in [6, 6.07) is 6.35. The van der Waals surface area contributed by atoms with Crippen molar-refractivity contribution in [1.29, 1.82) is 0 Å². The summed E-state index contributed by atoms with van der Waals surface area (Å²) in [4.78, 5) is 0. The lowest BCUT2D eigenvalue weighted by molar-refractivity contribution is 0.121. The molecule has 2 heterocycles. The van der Waals surface area contributed by atoms with Crippen molar-refractivity contribution in [3.63, 3.8) is 0 Å². The first kappa shape index (κ1) is 12.8. The summed E-state index contributed by atoms with van der Waals surface area (Å²) in [7, 11) is 0. The number of nitrogens with one attached hydrogen (secondary N) is 1. The van der Waals surface area contributed by atoms with Crippen molar-refractivity contribution >= 4 is 12.4 Å². The largest absolute Gasteiger partial charge is 0.387 e. The predicted molar refractivity (Wildman–Crippen MR) is 66.7 cm³/mol. The van der Waals surface area contributed by atoms with Crippen LogP contribution in [-0.4, -0.2) is 16.7 Å². The van der Waals surface area contributed by atoms with Gasteiger partial charge in [0.05, 0.1) is 6.10 Å². The second-order valence-electron chi connectivity index (χ2n) is 5.40. The molecule has 2 saturated heterocycles. The molecule has 2 bridgehead atoms. The number of hydrogen-bond acceptors (Lipinski definition) is 2. The lowest BCUT2D eigenvalue weighted by Crippen LogP contribution is -2.40. The number of halogens is 2. The van der Waals surface area contributed by atoms with E-state index < -0.39 is 6.10 Å². The van der Waals surface area contributed by atoms with Crippen molar-refractivity contribution in [3.05, 3.63) is 35.6 Å². The summed E-state index contributed by atoms with van der Waals surface area (Å²) in [5, 5.41) is 13.7. The Balaban J connectivity index is 0.00000108. The molecule has 2 aliphatic heterocycles. The topological polar surface area (TPSA) is 32.3 Å². The third-order valence-corrected chi connectivity index (χ3v) is 3.98. The molecular formula is C13H17ClFNO. The maximum Gasteiger partial charge on any atom is 0.123 e. The first-order valence-electron chi connectivity index (χ1n) is 5.79. The van der Waals surface area contributed by atoms with Gasteiger partial charge in [-0.05, 0) is 43.4 Å². The SMILES string of the molecule is CC12CC(C1)[C@H]([C@@H](O)c1cccc(F)c1)N2.Cl. The van der Waals surface area contributed by atoms with Gasteiger partial charge in [0, 0.05) is 11.6 Å². The highest BCUT2D eigenvalue weighted by atomic mass is 35.5. The van der Waals surface area contributed by atoms with Crippen LogP contribution in [0, 0.1) is 11.7 Å². The van der Waals surface area contributed by atoms with Gasteiger partial charge < -0.3 is 10.4 Å². The van der Waals surface area contributed by atoms with Crippen LogP contribution in [0.3, 0.4) is 0 Å². The Kier molecular flexibility index (Phi) is 3.19. The molecule has 1 aromatic rings. The minimum Gasteiger partial charge on any atom is -0.387 e. The van der Waals surface area contributed by atoms with Crippen LogP contribution >= 0.6 is 12.4 Å². The Morgan fingerprint density at radius 1 is 1.47 bits per heavy atom. The Morgan fingerprint density at radius 2 is 2.18 bits per heavy atom. The number of fused-ring (bicyclic) bond motifs is 1. The fourth-order valence-corrected chi connectivity index (χ4v) is 3.22. The highest BCUT2D eigenvalue weighted by Crippen LogP contribution is 2.50. The molecule has 2 atom stereocenters. The van der Waals surface area contributed by atoms with Crippen molar-refractivity contribution < 1.29 is 9.50 Å². The fourth-order valence-electron chi connectivity index (χ4n) is 3.22. The van der Waals surface area contributed by atoms with Crippen LogP contribution in [0.2, 0.25) is 0 Å². The molecule has 0 aromatic heterocycles. The van der Waals surface area contributed by atoms with E-state index in [0.29, 0.717) is 11.5 Å². The van der Waals surface area contributed by atoms with Gasteiger partial charge in [-0.1, -0.05) is 12.1 Å². The number of rotatable bonds is 2. The van der Waals surface area contributed by atoms with Crippen molar-refractivity contribution in [2.75, 3.05) is 0 Å². The van der Waals surface area contributed by atoms with Gasteiger partial charge in [-0.2, -0.15) is 0 Å². The molecular weight excluding hydrogens is 241 g/mol.